The van der Waals surface area contributed by atoms with E-state index in [1.165, 1.54) is 6.20 Å². The first-order valence-electron chi connectivity index (χ1n) is 6.97. The molecule has 2 rings (SSSR count). The Hall–Kier alpha value is -2.05. The Morgan fingerprint density at radius 1 is 1.35 bits per heavy atom. The van der Waals surface area contributed by atoms with Crippen LogP contribution < -0.4 is 10.6 Å². The average molecular weight is 279 g/mol. The van der Waals surface area contributed by atoms with E-state index >= 15 is 0 Å². The summed E-state index contributed by atoms with van der Waals surface area (Å²) < 4.78 is 0. The summed E-state index contributed by atoms with van der Waals surface area (Å²) in [5.41, 5.74) is 0.418. The predicted molar refractivity (Wildman–Crippen MR) is 74.3 cm³/mol. The van der Waals surface area contributed by atoms with Crippen LogP contribution in [-0.2, 0) is 0 Å². The molecule has 1 saturated heterocycles. The van der Waals surface area contributed by atoms with E-state index in [9.17, 15) is 9.59 Å². The third-order valence-electron chi connectivity index (χ3n) is 3.50. The summed E-state index contributed by atoms with van der Waals surface area (Å²) in [4.78, 5) is 25.3. The Bertz CT molecular complexity index is 438. The fraction of sp³-hybridized carbons (Fsp3) is 0.615. The van der Waals surface area contributed by atoms with Gasteiger partial charge < -0.3 is 15.5 Å². The van der Waals surface area contributed by atoms with Crippen molar-refractivity contribution in [3.63, 3.8) is 0 Å². The highest BCUT2D eigenvalue weighted by atomic mass is 16.2. The van der Waals surface area contributed by atoms with Crippen molar-refractivity contribution < 1.29 is 9.59 Å². The number of urea groups is 1. The Morgan fingerprint density at radius 3 is 2.70 bits per heavy atom. The van der Waals surface area contributed by atoms with Crippen LogP contribution in [0.5, 0.6) is 0 Å². The van der Waals surface area contributed by atoms with Crippen LogP contribution in [0.15, 0.2) is 12.3 Å². The van der Waals surface area contributed by atoms with Crippen LogP contribution in [0.4, 0.5) is 4.79 Å². The van der Waals surface area contributed by atoms with Crippen molar-refractivity contribution >= 4 is 11.9 Å². The quantitative estimate of drug-likeness (QED) is 0.704. The van der Waals surface area contributed by atoms with Crippen LogP contribution in [-0.4, -0.2) is 53.2 Å². The molecule has 1 aromatic rings. The van der Waals surface area contributed by atoms with Gasteiger partial charge in [-0.3, -0.25) is 9.89 Å². The minimum Gasteiger partial charge on any atom is -0.349 e. The van der Waals surface area contributed by atoms with E-state index in [1.54, 1.807) is 6.07 Å². The summed E-state index contributed by atoms with van der Waals surface area (Å²) in [5, 5.41) is 11.8. The molecule has 0 radical (unpaired) electrons. The van der Waals surface area contributed by atoms with Gasteiger partial charge in [-0.15, -0.1) is 0 Å². The van der Waals surface area contributed by atoms with Gasteiger partial charge in [-0.25, -0.2) is 4.79 Å². The molecule has 110 valence electrons. The van der Waals surface area contributed by atoms with Crippen LogP contribution in [0.3, 0.4) is 0 Å². The average Bonchev–Trinajstić information content (AvgIpc) is 2.98. The zero-order valence-electron chi connectivity index (χ0n) is 11.7. The zero-order chi connectivity index (χ0) is 14.4. The minimum atomic E-state index is -0.219. The monoisotopic (exact) mass is 279 g/mol. The van der Waals surface area contributed by atoms with E-state index in [0.29, 0.717) is 24.7 Å². The van der Waals surface area contributed by atoms with E-state index in [2.05, 4.69) is 27.8 Å². The van der Waals surface area contributed by atoms with Crippen molar-refractivity contribution in [1.82, 2.24) is 25.7 Å². The number of aromatic amines is 1. The standard InChI is InChI=1S/C13H21N5O2/c1-10-3-8-18(9-4-10)13(20)15-7-6-14-12(19)11-2-5-16-17-11/h2,5,10H,3-4,6-9H2,1H3,(H,14,19)(H,15,20)(H,16,17). The Morgan fingerprint density at radius 2 is 2.05 bits per heavy atom. The predicted octanol–water partition coefficient (Wildman–Crippen LogP) is 0.581. The molecule has 0 aliphatic carbocycles. The van der Waals surface area contributed by atoms with Crippen molar-refractivity contribution in [2.75, 3.05) is 26.2 Å². The number of H-pyrrole nitrogens is 1. The number of hydrogen-bond acceptors (Lipinski definition) is 3. The molecular weight excluding hydrogens is 258 g/mol. The second-order valence-corrected chi connectivity index (χ2v) is 5.13. The number of aromatic nitrogens is 2. The maximum absolute atomic E-state index is 11.9. The lowest BCUT2D eigenvalue weighted by molar-refractivity contribution is 0.0948. The highest BCUT2D eigenvalue weighted by molar-refractivity contribution is 5.92. The molecule has 0 spiro atoms. The number of likely N-dealkylation sites (tertiary alicyclic amines) is 1. The lowest BCUT2D eigenvalue weighted by atomic mass is 10.00. The van der Waals surface area contributed by atoms with Gasteiger partial charge in [-0.05, 0) is 24.8 Å². The van der Waals surface area contributed by atoms with Gasteiger partial charge in [0.25, 0.3) is 5.91 Å². The van der Waals surface area contributed by atoms with Crippen molar-refractivity contribution in [1.29, 1.82) is 0 Å². The highest BCUT2D eigenvalue weighted by Gasteiger charge is 2.19. The summed E-state index contributed by atoms with van der Waals surface area (Å²) in [7, 11) is 0. The van der Waals surface area contributed by atoms with Gasteiger partial charge in [-0.2, -0.15) is 5.10 Å². The summed E-state index contributed by atoms with van der Waals surface area (Å²) >= 11 is 0. The molecule has 0 atom stereocenters. The highest BCUT2D eigenvalue weighted by Crippen LogP contribution is 2.15. The lowest BCUT2D eigenvalue weighted by Crippen LogP contribution is -2.46. The van der Waals surface area contributed by atoms with Gasteiger partial charge >= 0.3 is 6.03 Å². The molecule has 0 bridgehead atoms. The van der Waals surface area contributed by atoms with Crippen molar-refractivity contribution in [3.05, 3.63) is 18.0 Å². The molecule has 1 aliphatic heterocycles. The molecule has 0 unspecified atom stereocenters. The SMILES string of the molecule is CC1CCN(C(=O)NCCNC(=O)c2ccn[nH]2)CC1. The third kappa shape index (κ3) is 3.97. The van der Waals surface area contributed by atoms with Gasteiger partial charge in [0, 0.05) is 32.4 Å². The summed E-state index contributed by atoms with van der Waals surface area (Å²) in [6.45, 7) is 4.65. The van der Waals surface area contributed by atoms with Crippen LogP contribution in [0.25, 0.3) is 0 Å². The number of carbonyl (C=O) groups is 2. The molecule has 1 fully saturated rings. The van der Waals surface area contributed by atoms with Crippen molar-refractivity contribution in [2.45, 2.75) is 19.8 Å². The topological polar surface area (TPSA) is 90.1 Å². The molecule has 3 N–H and O–H groups in total. The Balaban J connectivity index is 1.61. The number of piperidine rings is 1. The molecule has 3 amide bonds. The zero-order valence-corrected chi connectivity index (χ0v) is 11.7. The van der Waals surface area contributed by atoms with Crippen LogP contribution >= 0.6 is 0 Å². The molecule has 20 heavy (non-hydrogen) atoms. The smallest absolute Gasteiger partial charge is 0.317 e. The first-order valence-corrected chi connectivity index (χ1v) is 6.97. The number of amides is 3. The van der Waals surface area contributed by atoms with E-state index in [0.717, 1.165) is 25.9 Å². The van der Waals surface area contributed by atoms with E-state index in [1.807, 2.05) is 4.90 Å². The first-order chi connectivity index (χ1) is 9.66. The molecule has 7 heteroatoms. The van der Waals surface area contributed by atoms with E-state index in [-0.39, 0.29) is 11.9 Å². The van der Waals surface area contributed by atoms with E-state index in [4.69, 9.17) is 0 Å². The van der Waals surface area contributed by atoms with Gasteiger partial charge in [0.2, 0.25) is 0 Å². The van der Waals surface area contributed by atoms with Crippen LogP contribution in [0, 0.1) is 5.92 Å². The van der Waals surface area contributed by atoms with Gasteiger partial charge in [0.05, 0.1) is 0 Å². The van der Waals surface area contributed by atoms with Crippen molar-refractivity contribution in [2.24, 2.45) is 5.92 Å². The van der Waals surface area contributed by atoms with E-state index < -0.39 is 0 Å². The summed E-state index contributed by atoms with van der Waals surface area (Å²) in [5.74, 6) is 0.483. The maximum atomic E-state index is 11.9. The fourth-order valence-electron chi connectivity index (χ4n) is 2.15. The lowest BCUT2D eigenvalue weighted by Gasteiger charge is -2.30. The largest absolute Gasteiger partial charge is 0.349 e. The number of hydrogen-bond donors (Lipinski definition) is 3. The Kier molecular flexibility index (Phi) is 4.97. The number of carbonyl (C=O) groups excluding carboxylic acids is 2. The first kappa shape index (κ1) is 14.4. The molecule has 1 aliphatic rings. The maximum Gasteiger partial charge on any atom is 0.317 e. The van der Waals surface area contributed by atoms with Gasteiger partial charge in [0.15, 0.2) is 0 Å². The normalized spacial score (nSPS) is 15.9. The second-order valence-electron chi connectivity index (χ2n) is 5.13. The summed E-state index contributed by atoms with van der Waals surface area (Å²) in [6.07, 6.45) is 3.64. The fourth-order valence-corrected chi connectivity index (χ4v) is 2.15. The number of nitrogens with one attached hydrogen (secondary N) is 3. The molecule has 0 saturated carbocycles. The van der Waals surface area contributed by atoms with Gasteiger partial charge in [-0.1, -0.05) is 6.92 Å². The number of rotatable bonds is 4. The van der Waals surface area contributed by atoms with Gasteiger partial charge in [0.1, 0.15) is 5.69 Å². The summed E-state index contributed by atoms with van der Waals surface area (Å²) in [6, 6.07) is 1.55. The molecule has 7 nitrogen and oxygen atoms in total. The third-order valence-corrected chi connectivity index (χ3v) is 3.50. The Labute approximate surface area is 118 Å². The molecular formula is C13H21N5O2. The van der Waals surface area contributed by atoms with Crippen LogP contribution in [0.2, 0.25) is 0 Å². The van der Waals surface area contributed by atoms with Crippen LogP contribution in [0.1, 0.15) is 30.3 Å². The second kappa shape index (κ2) is 6.93. The number of nitrogens with zero attached hydrogens (tertiary/aromatic N) is 2. The molecule has 1 aromatic heterocycles. The van der Waals surface area contributed by atoms with Crippen molar-refractivity contribution in [3.8, 4) is 0 Å². The molecule has 2 heterocycles. The molecule has 0 aromatic carbocycles. The minimum absolute atomic E-state index is 0.0484.